The first kappa shape index (κ1) is 12.0. The van der Waals surface area contributed by atoms with Crippen LogP contribution in [0.5, 0.6) is 11.5 Å². The molecule has 92 valence electrons. The number of furan rings is 1. The van der Waals surface area contributed by atoms with Crippen LogP contribution < -0.4 is 4.74 Å². The summed E-state index contributed by atoms with van der Waals surface area (Å²) in [6.45, 7) is 0. The maximum absolute atomic E-state index is 11.6. The summed E-state index contributed by atoms with van der Waals surface area (Å²) >= 11 is 0. The summed E-state index contributed by atoms with van der Waals surface area (Å²) in [5, 5.41) is 9.58. The molecule has 0 aliphatic carbocycles. The van der Waals surface area contributed by atoms with E-state index in [0.29, 0.717) is 11.3 Å². The molecule has 0 radical (unpaired) electrons. The Morgan fingerprint density at radius 2 is 2.22 bits per heavy atom. The van der Waals surface area contributed by atoms with E-state index in [0.717, 1.165) is 0 Å². The number of carbonyl (C=O) groups is 1. The van der Waals surface area contributed by atoms with Gasteiger partial charge in [0, 0.05) is 0 Å². The summed E-state index contributed by atoms with van der Waals surface area (Å²) in [4.78, 5) is 11.6. The molecular weight excluding hydrogens is 232 g/mol. The van der Waals surface area contributed by atoms with Crippen molar-refractivity contribution in [1.82, 2.24) is 0 Å². The van der Waals surface area contributed by atoms with Gasteiger partial charge in [0.2, 0.25) is 5.78 Å². The molecule has 0 bridgehead atoms. The molecule has 0 fully saturated rings. The third-order valence-electron chi connectivity index (χ3n) is 2.39. The Morgan fingerprint density at radius 3 is 2.83 bits per heavy atom. The van der Waals surface area contributed by atoms with Gasteiger partial charge >= 0.3 is 0 Å². The van der Waals surface area contributed by atoms with E-state index >= 15 is 0 Å². The maximum atomic E-state index is 11.6. The number of phenols is 1. The monoisotopic (exact) mass is 244 g/mol. The van der Waals surface area contributed by atoms with Crippen LogP contribution in [0.3, 0.4) is 0 Å². The van der Waals surface area contributed by atoms with Crippen molar-refractivity contribution in [2.75, 3.05) is 7.11 Å². The number of rotatable bonds is 4. The SMILES string of the molecule is COc1ccc(/C=C/C(=O)c2ccco2)cc1O. The summed E-state index contributed by atoms with van der Waals surface area (Å²) in [5.74, 6) is 0.480. The number of methoxy groups -OCH3 is 1. The largest absolute Gasteiger partial charge is 0.504 e. The number of carbonyl (C=O) groups excluding carboxylic acids is 1. The minimum atomic E-state index is -0.227. The van der Waals surface area contributed by atoms with Crippen molar-refractivity contribution in [3.05, 3.63) is 54.0 Å². The van der Waals surface area contributed by atoms with E-state index in [4.69, 9.17) is 9.15 Å². The number of ether oxygens (including phenoxy) is 1. The number of hydrogen-bond acceptors (Lipinski definition) is 4. The second kappa shape index (κ2) is 5.23. The first-order chi connectivity index (χ1) is 8.70. The smallest absolute Gasteiger partial charge is 0.221 e. The van der Waals surface area contributed by atoms with Crippen molar-refractivity contribution in [2.45, 2.75) is 0 Å². The molecule has 2 rings (SSSR count). The second-order valence-corrected chi connectivity index (χ2v) is 3.61. The molecule has 0 atom stereocenters. The molecule has 1 N–H and O–H groups in total. The van der Waals surface area contributed by atoms with Crippen molar-refractivity contribution in [1.29, 1.82) is 0 Å². The lowest BCUT2D eigenvalue weighted by Gasteiger charge is -2.02. The van der Waals surface area contributed by atoms with Crippen LogP contribution in [0.25, 0.3) is 6.08 Å². The second-order valence-electron chi connectivity index (χ2n) is 3.61. The van der Waals surface area contributed by atoms with E-state index in [-0.39, 0.29) is 17.3 Å². The van der Waals surface area contributed by atoms with Gasteiger partial charge in [0.1, 0.15) is 0 Å². The molecule has 0 saturated heterocycles. The lowest BCUT2D eigenvalue weighted by atomic mass is 10.1. The average Bonchev–Trinajstić information content (AvgIpc) is 2.90. The molecular formula is C14H12O4. The van der Waals surface area contributed by atoms with Gasteiger partial charge in [0.05, 0.1) is 13.4 Å². The first-order valence-electron chi connectivity index (χ1n) is 5.33. The van der Waals surface area contributed by atoms with Crippen molar-refractivity contribution in [3.63, 3.8) is 0 Å². The van der Waals surface area contributed by atoms with Gasteiger partial charge in [-0.3, -0.25) is 4.79 Å². The van der Waals surface area contributed by atoms with E-state index in [2.05, 4.69) is 0 Å². The summed E-state index contributed by atoms with van der Waals surface area (Å²) in [7, 11) is 1.48. The minimum absolute atomic E-state index is 0.0325. The van der Waals surface area contributed by atoms with E-state index < -0.39 is 0 Å². The highest BCUT2D eigenvalue weighted by Gasteiger charge is 2.04. The van der Waals surface area contributed by atoms with Crippen LogP contribution in [0.4, 0.5) is 0 Å². The van der Waals surface area contributed by atoms with Crippen molar-refractivity contribution in [3.8, 4) is 11.5 Å². The molecule has 0 saturated carbocycles. The summed E-state index contributed by atoms with van der Waals surface area (Å²) < 4.78 is 9.90. The molecule has 0 spiro atoms. The zero-order chi connectivity index (χ0) is 13.0. The third-order valence-corrected chi connectivity index (χ3v) is 2.39. The molecule has 4 nitrogen and oxygen atoms in total. The normalized spacial score (nSPS) is 10.7. The quantitative estimate of drug-likeness (QED) is 0.663. The van der Waals surface area contributed by atoms with Gasteiger partial charge in [0.15, 0.2) is 17.3 Å². The van der Waals surface area contributed by atoms with Crippen LogP contribution in [-0.4, -0.2) is 18.0 Å². The van der Waals surface area contributed by atoms with Crippen LogP contribution in [-0.2, 0) is 0 Å². The van der Waals surface area contributed by atoms with Crippen molar-refractivity contribution in [2.24, 2.45) is 0 Å². The topological polar surface area (TPSA) is 59.7 Å². The zero-order valence-corrected chi connectivity index (χ0v) is 9.79. The number of ketones is 1. The predicted octanol–water partition coefficient (Wildman–Crippen LogP) is 2.89. The fourth-order valence-corrected chi connectivity index (χ4v) is 1.48. The Labute approximate surface area is 104 Å². The molecule has 1 heterocycles. The molecule has 4 heteroatoms. The Hall–Kier alpha value is -2.49. The van der Waals surface area contributed by atoms with Crippen LogP contribution in [0.15, 0.2) is 47.1 Å². The molecule has 2 aromatic rings. The average molecular weight is 244 g/mol. The first-order valence-corrected chi connectivity index (χ1v) is 5.33. The number of allylic oxidation sites excluding steroid dienone is 1. The molecule has 0 aliphatic heterocycles. The molecule has 0 unspecified atom stereocenters. The van der Waals surface area contributed by atoms with E-state index in [1.807, 2.05) is 0 Å². The number of hydrogen-bond donors (Lipinski definition) is 1. The fourth-order valence-electron chi connectivity index (χ4n) is 1.48. The molecule has 18 heavy (non-hydrogen) atoms. The van der Waals surface area contributed by atoms with Crippen LogP contribution in [0, 0.1) is 0 Å². The van der Waals surface area contributed by atoms with Crippen LogP contribution in [0.1, 0.15) is 16.1 Å². The summed E-state index contributed by atoms with van der Waals surface area (Å²) in [6.07, 6.45) is 4.43. The molecule has 1 aromatic heterocycles. The third kappa shape index (κ3) is 2.60. The van der Waals surface area contributed by atoms with Gasteiger partial charge in [-0.25, -0.2) is 0 Å². The highest BCUT2D eigenvalue weighted by Crippen LogP contribution is 2.26. The van der Waals surface area contributed by atoms with Gasteiger partial charge in [-0.2, -0.15) is 0 Å². The standard InChI is InChI=1S/C14H12O4/c1-17-13-7-5-10(9-12(13)16)4-6-11(15)14-3-2-8-18-14/h2-9,16H,1H3/b6-4+. The van der Waals surface area contributed by atoms with E-state index in [1.54, 1.807) is 30.3 Å². The number of benzene rings is 1. The van der Waals surface area contributed by atoms with Gasteiger partial charge in [-0.05, 0) is 35.9 Å². The van der Waals surface area contributed by atoms with Crippen LogP contribution in [0.2, 0.25) is 0 Å². The lowest BCUT2D eigenvalue weighted by molar-refractivity contribution is 0.102. The lowest BCUT2D eigenvalue weighted by Crippen LogP contribution is -1.90. The maximum Gasteiger partial charge on any atom is 0.221 e. The van der Waals surface area contributed by atoms with E-state index in [1.165, 1.54) is 25.5 Å². The molecule has 0 amide bonds. The Balaban J connectivity index is 2.14. The van der Waals surface area contributed by atoms with Crippen molar-refractivity contribution >= 4 is 11.9 Å². The highest BCUT2D eigenvalue weighted by atomic mass is 16.5. The van der Waals surface area contributed by atoms with Gasteiger partial charge in [-0.15, -0.1) is 0 Å². The van der Waals surface area contributed by atoms with Crippen molar-refractivity contribution < 1.29 is 19.1 Å². The minimum Gasteiger partial charge on any atom is -0.504 e. The van der Waals surface area contributed by atoms with Gasteiger partial charge in [-0.1, -0.05) is 12.1 Å². The number of aromatic hydroxyl groups is 1. The van der Waals surface area contributed by atoms with Crippen LogP contribution >= 0.6 is 0 Å². The zero-order valence-electron chi connectivity index (χ0n) is 9.79. The Bertz CT molecular complexity index is 567. The molecule has 0 aliphatic rings. The predicted molar refractivity (Wildman–Crippen MR) is 66.7 cm³/mol. The summed E-state index contributed by atoms with van der Waals surface area (Å²) in [6, 6.07) is 8.14. The Morgan fingerprint density at radius 1 is 1.39 bits per heavy atom. The Kier molecular flexibility index (Phi) is 3.48. The number of phenolic OH excluding ortho intramolecular Hbond substituents is 1. The molecule has 1 aromatic carbocycles. The summed E-state index contributed by atoms with van der Waals surface area (Å²) in [5.41, 5.74) is 0.702. The van der Waals surface area contributed by atoms with E-state index in [9.17, 15) is 9.90 Å². The van der Waals surface area contributed by atoms with Gasteiger partial charge in [0.25, 0.3) is 0 Å². The fraction of sp³-hybridized carbons (Fsp3) is 0.0714. The van der Waals surface area contributed by atoms with Gasteiger partial charge < -0.3 is 14.3 Å². The highest BCUT2D eigenvalue weighted by molar-refractivity contribution is 6.04.